The second-order valence-corrected chi connectivity index (χ2v) is 8.18. The van der Waals surface area contributed by atoms with Crippen LogP contribution < -0.4 is 0 Å². The summed E-state index contributed by atoms with van der Waals surface area (Å²) in [4.78, 5) is 28.3. The van der Waals surface area contributed by atoms with Gasteiger partial charge in [-0.25, -0.2) is 0 Å². The average Bonchev–Trinajstić information content (AvgIpc) is 3.06. The van der Waals surface area contributed by atoms with Gasteiger partial charge < -0.3 is 9.64 Å². The van der Waals surface area contributed by atoms with Crippen molar-refractivity contribution in [3.8, 4) is 0 Å². The summed E-state index contributed by atoms with van der Waals surface area (Å²) in [7, 11) is 0. The van der Waals surface area contributed by atoms with E-state index in [1.807, 2.05) is 4.90 Å². The molecule has 7 atom stereocenters. The fourth-order valence-corrected chi connectivity index (χ4v) is 7.58. The monoisotopic (exact) mass is 365 g/mol. The normalized spacial score (nSPS) is 51.4. The van der Waals surface area contributed by atoms with Crippen LogP contribution in [0.15, 0.2) is 12.2 Å². The Balaban J connectivity index is 1.57. The quantitative estimate of drug-likeness (QED) is 0.550. The number of rotatable bonds is 2. The molecule has 1 heterocycles. The molecule has 5 rings (SSSR count). The van der Waals surface area contributed by atoms with Gasteiger partial charge >= 0.3 is 0 Å². The van der Waals surface area contributed by atoms with Gasteiger partial charge in [-0.1, -0.05) is 28.1 Å². The molecule has 0 aromatic carbocycles. The standard InChI is InChI=1S/C17H20BrNO3/c1-8-11-9-6-10-13(11)12(8)15(20)17(10,7-18)14(9)16(21)19-2-4-22-5-3-19/h9-14H,1-7H2. The third-order valence-electron chi connectivity index (χ3n) is 7.28. The minimum absolute atomic E-state index is 0.0556. The SMILES string of the molecule is C=C1C2C(=O)C3(CBr)C4CC(C1C24)C3C(=O)N1CCOCC1. The Labute approximate surface area is 138 Å². The van der Waals surface area contributed by atoms with E-state index in [-0.39, 0.29) is 17.7 Å². The lowest BCUT2D eigenvalue weighted by atomic mass is 9.57. The van der Waals surface area contributed by atoms with Crippen LogP contribution in [0.1, 0.15) is 6.42 Å². The van der Waals surface area contributed by atoms with Gasteiger partial charge in [-0.2, -0.15) is 0 Å². The number of carbonyl (C=O) groups is 2. The predicted molar refractivity (Wildman–Crippen MR) is 83.3 cm³/mol. The van der Waals surface area contributed by atoms with Gasteiger partial charge in [-0.15, -0.1) is 0 Å². The van der Waals surface area contributed by atoms with E-state index in [1.165, 1.54) is 0 Å². The number of allylic oxidation sites excluding steroid dienone is 1. The van der Waals surface area contributed by atoms with Crippen molar-refractivity contribution in [3.05, 3.63) is 12.2 Å². The zero-order valence-corrected chi connectivity index (χ0v) is 14.0. The maximum absolute atomic E-state index is 13.2. The van der Waals surface area contributed by atoms with Gasteiger partial charge in [0.05, 0.1) is 24.5 Å². The Morgan fingerprint density at radius 3 is 2.82 bits per heavy atom. The maximum atomic E-state index is 13.2. The van der Waals surface area contributed by atoms with Crippen molar-refractivity contribution in [3.63, 3.8) is 0 Å². The van der Waals surface area contributed by atoms with Crippen LogP contribution in [0.25, 0.3) is 0 Å². The second kappa shape index (κ2) is 4.23. The largest absolute Gasteiger partial charge is 0.378 e. The minimum atomic E-state index is -0.453. The highest BCUT2D eigenvalue weighted by Crippen LogP contribution is 2.79. The number of amides is 1. The van der Waals surface area contributed by atoms with Crippen LogP contribution in [0, 0.1) is 40.9 Å². The molecule has 0 aromatic heterocycles. The van der Waals surface area contributed by atoms with E-state index >= 15 is 0 Å². The Morgan fingerprint density at radius 2 is 2.14 bits per heavy atom. The Hall–Kier alpha value is -0.680. The summed E-state index contributed by atoms with van der Waals surface area (Å²) in [6.45, 7) is 6.76. The molecule has 1 aliphatic heterocycles. The molecule has 1 saturated heterocycles. The maximum Gasteiger partial charge on any atom is 0.227 e. The van der Waals surface area contributed by atoms with Crippen LogP contribution in [0.4, 0.5) is 0 Å². The van der Waals surface area contributed by atoms with Gasteiger partial charge in [0.15, 0.2) is 0 Å². The van der Waals surface area contributed by atoms with Crippen molar-refractivity contribution in [2.75, 3.05) is 31.6 Å². The number of fused-ring (bicyclic) bond motifs is 2. The van der Waals surface area contributed by atoms with Gasteiger partial charge in [0.2, 0.25) is 5.91 Å². The number of ether oxygens (including phenoxy) is 1. The molecule has 4 saturated carbocycles. The van der Waals surface area contributed by atoms with Crippen LogP contribution in [0.5, 0.6) is 0 Å². The molecule has 22 heavy (non-hydrogen) atoms. The molecule has 4 aliphatic carbocycles. The van der Waals surface area contributed by atoms with E-state index < -0.39 is 5.41 Å². The predicted octanol–water partition coefficient (Wildman–Crippen LogP) is 1.49. The van der Waals surface area contributed by atoms with E-state index in [2.05, 4.69) is 22.5 Å². The molecule has 0 radical (unpaired) electrons. The number of Topliss-reactive ketones (excluding diaryl/α,β-unsaturated/α-hetero) is 1. The second-order valence-electron chi connectivity index (χ2n) is 7.62. The fourth-order valence-electron chi connectivity index (χ4n) is 6.54. The van der Waals surface area contributed by atoms with Crippen molar-refractivity contribution in [2.45, 2.75) is 6.42 Å². The topological polar surface area (TPSA) is 46.6 Å². The van der Waals surface area contributed by atoms with Gasteiger partial charge in [0.25, 0.3) is 0 Å². The highest BCUT2D eigenvalue weighted by Gasteiger charge is 2.81. The van der Waals surface area contributed by atoms with Crippen molar-refractivity contribution in [2.24, 2.45) is 40.9 Å². The third kappa shape index (κ3) is 1.24. The average molecular weight is 366 g/mol. The van der Waals surface area contributed by atoms with Crippen LogP contribution >= 0.6 is 15.9 Å². The third-order valence-corrected chi connectivity index (χ3v) is 8.20. The number of ketones is 1. The zero-order valence-electron chi connectivity index (χ0n) is 12.5. The van der Waals surface area contributed by atoms with Crippen LogP contribution in [0.2, 0.25) is 0 Å². The van der Waals surface area contributed by atoms with Crippen molar-refractivity contribution >= 4 is 27.6 Å². The molecule has 7 unspecified atom stereocenters. The van der Waals surface area contributed by atoms with Crippen molar-refractivity contribution in [1.82, 2.24) is 4.90 Å². The van der Waals surface area contributed by atoms with Crippen molar-refractivity contribution < 1.29 is 14.3 Å². The summed E-state index contributed by atoms with van der Waals surface area (Å²) >= 11 is 3.62. The smallest absolute Gasteiger partial charge is 0.227 e. The van der Waals surface area contributed by atoms with Crippen molar-refractivity contribution in [1.29, 1.82) is 0 Å². The zero-order chi connectivity index (χ0) is 15.2. The van der Waals surface area contributed by atoms with E-state index in [0.29, 0.717) is 61.1 Å². The molecular formula is C17H20BrNO3. The summed E-state index contributed by atoms with van der Waals surface area (Å²) < 4.78 is 5.37. The number of morpholine rings is 1. The number of alkyl halides is 1. The summed E-state index contributed by atoms with van der Waals surface area (Å²) in [5.74, 6) is 2.11. The Morgan fingerprint density at radius 1 is 1.41 bits per heavy atom. The molecule has 5 fully saturated rings. The molecule has 118 valence electrons. The number of halogens is 1. The lowest BCUT2D eigenvalue weighted by Crippen LogP contribution is -2.53. The fraction of sp³-hybridized carbons (Fsp3) is 0.765. The van der Waals surface area contributed by atoms with E-state index in [4.69, 9.17) is 4.74 Å². The number of nitrogens with zero attached hydrogens (tertiary/aromatic N) is 1. The lowest BCUT2D eigenvalue weighted by molar-refractivity contribution is -0.150. The first-order valence-corrected chi connectivity index (χ1v) is 9.40. The molecule has 0 spiro atoms. The van der Waals surface area contributed by atoms with Gasteiger partial charge in [-0.3, -0.25) is 9.59 Å². The molecule has 2 bridgehead atoms. The molecule has 0 aromatic rings. The van der Waals surface area contributed by atoms with Crippen LogP contribution in [0.3, 0.4) is 0 Å². The first-order chi connectivity index (χ1) is 10.6. The number of hydrogen-bond acceptors (Lipinski definition) is 3. The summed E-state index contributed by atoms with van der Waals surface area (Å²) in [5.41, 5.74) is 0.674. The Bertz CT molecular complexity index is 599. The summed E-state index contributed by atoms with van der Waals surface area (Å²) in [6.07, 6.45) is 1.04. The molecular weight excluding hydrogens is 346 g/mol. The minimum Gasteiger partial charge on any atom is -0.378 e. The van der Waals surface area contributed by atoms with Gasteiger partial charge in [0, 0.05) is 24.3 Å². The van der Waals surface area contributed by atoms with E-state index in [1.54, 1.807) is 0 Å². The van der Waals surface area contributed by atoms with Crippen LogP contribution in [-0.2, 0) is 14.3 Å². The number of hydrogen-bond donors (Lipinski definition) is 0. The molecule has 0 N–H and O–H groups in total. The van der Waals surface area contributed by atoms with E-state index in [0.717, 1.165) is 12.0 Å². The Kier molecular flexibility index (Phi) is 2.64. The molecule has 5 aliphatic rings. The van der Waals surface area contributed by atoms with Gasteiger partial charge in [0.1, 0.15) is 5.78 Å². The van der Waals surface area contributed by atoms with E-state index in [9.17, 15) is 9.59 Å². The first-order valence-electron chi connectivity index (χ1n) is 8.28. The van der Waals surface area contributed by atoms with Crippen LogP contribution in [-0.4, -0.2) is 48.2 Å². The number of carbonyl (C=O) groups excluding carboxylic acids is 2. The molecule has 4 nitrogen and oxygen atoms in total. The van der Waals surface area contributed by atoms with Gasteiger partial charge in [-0.05, 0) is 30.1 Å². The highest BCUT2D eigenvalue weighted by atomic mass is 79.9. The first kappa shape index (κ1) is 13.7. The molecule has 1 amide bonds. The molecule has 5 heteroatoms. The summed E-state index contributed by atoms with van der Waals surface area (Å²) in [5, 5.41) is 0.633. The lowest BCUT2D eigenvalue weighted by Gasteiger charge is -2.47. The highest BCUT2D eigenvalue weighted by molar-refractivity contribution is 9.09. The summed E-state index contributed by atoms with van der Waals surface area (Å²) in [6, 6.07) is 0.